The van der Waals surface area contributed by atoms with Crippen molar-refractivity contribution in [2.75, 3.05) is 14.1 Å². The van der Waals surface area contributed by atoms with Crippen molar-refractivity contribution in [2.24, 2.45) is 4.99 Å². The summed E-state index contributed by atoms with van der Waals surface area (Å²) in [7, 11) is 4.10. The molecule has 0 saturated carbocycles. The third kappa shape index (κ3) is 3.29. The van der Waals surface area contributed by atoms with Crippen LogP contribution in [-0.2, 0) is 6.54 Å². The van der Waals surface area contributed by atoms with Crippen molar-refractivity contribution in [2.45, 2.75) is 19.5 Å². The van der Waals surface area contributed by atoms with Crippen molar-refractivity contribution in [1.82, 2.24) is 14.5 Å². The number of aromatic nitrogens is 2. The molecule has 1 unspecified atom stereocenters. The van der Waals surface area contributed by atoms with Gasteiger partial charge in [-0.15, -0.1) is 0 Å². The highest BCUT2D eigenvalue weighted by Gasteiger charge is 2.26. The first-order chi connectivity index (χ1) is 13.0. The zero-order valence-corrected chi connectivity index (χ0v) is 17.0. The van der Waals surface area contributed by atoms with Crippen LogP contribution >= 0.6 is 23.2 Å². The van der Waals surface area contributed by atoms with Crippen LogP contribution in [-0.4, -0.2) is 34.3 Å². The minimum absolute atomic E-state index is 0.113. The van der Waals surface area contributed by atoms with Crippen LogP contribution in [0.3, 0.4) is 0 Å². The fourth-order valence-corrected chi connectivity index (χ4v) is 3.89. The minimum atomic E-state index is -0.113. The van der Waals surface area contributed by atoms with E-state index in [1.807, 2.05) is 48.7 Å². The summed E-state index contributed by atoms with van der Waals surface area (Å²) in [6.45, 7) is 2.84. The molecule has 3 aromatic rings. The van der Waals surface area contributed by atoms with Gasteiger partial charge in [-0.05, 0) is 45.3 Å². The van der Waals surface area contributed by atoms with Crippen LogP contribution in [0.1, 0.15) is 35.6 Å². The topological polar surface area (TPSA) is 33.4 Å². The molecule has 1 aliphatic rings. The second-order valence-corrected chi connectivity index (χ2v) is 7.82. The lowest BCUT2D eigenvalue weighted by Gasteiger charge is -2.17. The molecule has 0 N–H and O–H groups in total. The maximum absolute atomic E-state index is 6.51. The lowest BCUT2D eigenvalue weighted by atomic mass is 10.00. The van der Waals surface area contributed by atoms with E-state index in [0.29, 0.717) is 10.0 Å². The molecule has 0 bridgehead atoms. The van der Waals surface area contributed by atoms with Gasteiger partial charge in [0, 0.05) is 27.7 Å². The summed E-state index contributed by atoms with van der Waals surface area (Å²) in [5.74, 6) is 0.914. The minimum Gasteiger partial charge on any atom is -0.304 e. The van der Waals surface area contributed by atoms with E-state index in [0.717, 1.165) is 40.6 Å². The predicted molar refractivity (Wildman–Crippen MR) is 111 cm³/mol. The molecule has 0 aliphatic carbocycles. The highest BCUT2D eigenvalue weighted by Crippen LogP contribution is 2.34. The SMILES string of the molecule is CC1N=C(c2ccccc2Cl)c2cc(Cl)ccc2-n2c(CN(C)C)cnc21. The third-order valence-corrected chi connectivity index (χ3v) is 5.19. The Morgan fingerprint density at radius 1 is 1.07 bits per heavy atom. The molecule has 0 radical (unpaired) electrons. The predicted octanol–water partition coefficient (Wildman–Crippen LogP) is 5.15. The molecular weight excluding hydrogens is 379 g/mol. The number of fused-ring (bicyclic) bond motifs is 3. The Labute approximate surface area is 169 Å². The summed E-state index contributed by atoms with van der Waals surface area (Å²) in [6.07, 6.45) is 1.93. The summed E-state index contributed by atoms with van der Waals surface area (Å²) >= 11 is 12.9. The van der Waals surface area contributed by atoms with Gasteiger partial charge >= 0.3 is 0 Å². The number of aliphatic imine (C=N–C) groups is 1. The molecule has 4 nitrogen and oxygen atoms in total. The van der Waals surface area contributed by atoms with E-state index in [1.165, 1.54) is 0 Å². The average molecular weight is 399 g/mol. The lowest BCUT2D eigenvalue weighted by Crippen LogP contribution is -2.16. The second kappa shape index (κ2) is 7.12. The Morgan fingerprint density at radius 3 is 2.59 bits per heavy atom. The Balaban J connectivity index is 2.00. The standard InChI is InChI=1S/C21H20Cl2N4/c1-13-21-24-11-15(12-26(2)3)27(21)19-9-8-14(22)10-17(19)20(25-13)16-6-4-5-7-18(16)23/h4-11,13H,12H2,1-3H3. The molecule has 0 saturated heterocycles. The molecule has 6 heteroatoms. The van der Waals surface area contributed by atoms with Crippen LogP contribution in [0.25, 0.3) is 5.69 Å². The van der Waals surface area contributed by atoms with Gasteiger partial charge < -0.3 is 4.90 Å². The smallest absolute Gasteiger partial charge is 0.138 e. The molecular formula is C21H20Cl2N4. The van der Waals surface area contributed by atoms with Crippen LogP contribution < -0.4 is 0 Å². The van der Waals surface area contributed by atoms with Gasteiger partial charge in [-0.3, -0.25) is 9.56 Å². The van der Waals surface area contributed by atoms with E-state index in [-0.39, 0.29) is 6.04 Å². The largest absolute Gasteiger partial charge is 0.304 e. The number of nitrogens with zero attached hydrogens (tertiary/aromatic N) is 4. The zero-order chi connectivity index (χ0) is 19.1. The van der Waals surface area contributed by atoms with E-state index >= 15 is 0 Å². The van der Waals surface area contributed by atoms with E-state index in [1.54, 1.807) is 0 Å². The molecule has 0 spiro atoms. The summed E-state index contributed by atoms with van der Waals surface area (Å²) in [4.78, 5) is 11.8. The van der Waals surface area contributed by atoms with Crippen molar-refractivity contribution in [3.63, 3.8) is 0 Å². The molecule has 2 aromatic carbocycles. The van der Waals surface area contributed by atoms with E-state index in [4.69, 9.17) is 28.2 Å². The van der Waals surface area contributed by atoms with E-state index in [2.05, 4.69) is 35.5 Å². The molecule has 27 heavy (non-hydrogen) atoms. The number of halogens is 2. The van der Waals surface area contributed by atoms with Crippen LogP contribution in [0.4, 0.5) is 0 Å². The third-order valence-electron chi connectivity index (χ3n) is 4.62. The van der Waals surface area contributed by atoms with Gasteiger partial charge in [-0.2, -0.15) is 0 Å². The van der Waals surface area contributed by atoms with Gasteiger partial charge in [0.15, 0.2) is 0 Å². The monoisotopic (exact) mass is 398 g/mol. The van der Waals surface area contributed by atoms with Crippen LogP contribution in [0.15, 0.2) is 53.7 Å². The maximum Gasteiger partial charge on any atom is 0.138 e. The number of benzene rings is 2. The number of hydrogen-bond acceptors (Lipinski definition) is 3. The summed E-state index contributed by atoms with van der Waals surface area (Å²) in [5.41, 5.74) is 4.83. The maximum atomic E-state index is 6.51. The molecule has 1 aliphatic heterocycles. The lowest BCUT2D eigenvalue weighted by molar-refractivity contribution is 0.393. The van der Waals surface area contributed by atoms with Crippen molar-refractivity contribution >= 4 is 28.9 Å². The zero-order valence-electron chi connectivity index (χ0n) is 15.4. The molecule has 2 heterocycles. The fraction of sp³-hybridized carbons (Fsp3) is 0.238. The van der Waals surface area contributed by atoms with Gasteiger partial charge in [-0.25, -0.2) is 4.98 Å². The first kappa shape index (κ1) is 18.2. The first-order valence-corrected chi connectivity index (χ1v) is 9.55. The number of hydrogen-bond donors (Lipinski definition) is 0. The van der Waals surface area contributed by atoms with Crippen molar-refractivity contribution in [3.05, 3.63) is 81.4 Å². The molecule has 0 fully saturated rings. The quantitative estimate of drug-likeness (QED) is 0.610. The highest BCUT2D eigenvalue weighted by molar-refractivity contribution is 6.36. The summed E-state index contributed by atoms with van der Waals surface area (Å²) < 4.78 is 2.20. The Kier molecular flexibility index (Phi) is 4.81. The van der Waals surface area contributed by atoms with Crippen LogP contribution in [0, 0.1) is 0 Å². The average Bonchev–Trinajstić information content (AvgIpc) is 2.98. The number of imidazole rings is 1. The van der Waals surface area contributed by atoms with E-state index in [9.17, 15) is 0 Å². The van der Waals surface area contributed by atoms with Gasteiger partial charge in [0.1, 0.15) is 11.9 Å². The van der Waals surface area contributed by atoms with Crippen molar-refractivity contribution in [3.8, 4) is 5.69 Å². The van der Waals surface area contributed by atoms with Gasteiger partial charge in [-0.1, -0.05) is 41.4 Å². The van der Waals surface area contributed by atoms with Crippen molar-refractivity contribution in [1.29, 1.82) is 0 Å². The Bertz CT molecular complexity index is 1040. The van der Waals surface area contributed by atoms with Crippen molar-refractivity contribution < 1.29 is 0 Å². The normalized spacial score (nSPS) is 15.9. The van der Waals surface area contributed by atoms with Gasteiger partial charge in [0.25, 0.3) is 0 Å². The first-order valence-electron chi connectivity index (χ1n) is 8.80. The molecule has 1 aromatic heterocycles. The van der Waals surface area contributed by atoms with Crippen LogP contribution in [0.2, 0.25) is 10.0 Å². The van der Waals surface area contributed by atoms with Gasteiger partial charge in [0.2, 0.25) is 0 Å². The highest BCUT2D eigenvalue weighted by atomic mass is 35.5. The molecule has 4 rings (SSSR count). The molecule has 0 amide bonds. The Hall–Kier alpha value is -2.14. The summed E-state index contributed by atoms with van der Waals surface area (Å²) in [6, 6.07) is 13.6. The van der Waals surface area contributed by atoms with Gasteiger partial charge in [0.05, 0.1) is 23.3 Å². The van der Waals surface area contributed by atoms with E-state index < -0.39 is 0 Å². The fourth-order valence-electron chi connectivity index (χ4n) is 3.49. The second-order valence-electron chi connectivity index (χ2n) is 6.98. The Morgan fingerprint density at radius 2 is 1.85 bits per heavy atom. The molecule has 1 atom stereocenters. The summed E-state index contributed by atoms with van der Waals surface area (Å²) in [5, 5.41) is 1.33. The molecule has 138 valence electrons. The van der Waals surface area contributed by atoms with Crippen LogP contribution in [0.5, 0.6) is 0 Å². The number of rotatable bonds is 3.